The van der Waals surface area contributed by atoms with Crippen molar-refractivity contribution in [2.45, 2.75) is 6.42 Å². The van der Waals surface area contributed by atoms with Gasteiger partial charge in [0.25, 0.3) is 0 Å². The van der Waals surface area contributed by atoms with E-state index >= 15 is 0 Å². The summed E-state index contributed by atoms with van der Waals surface area (Å²) in [6, 6.07) is 15.2. The summed E-state index contributed by atoms with van der Waals surface area (Å²) in [7, 11) is 1.64. The number of carbonyl (C=O) groups excluding carboxylic acids is 2. The Balaban J connectivity index is 1.61. The van der Waals surface area contributed by atoms with E-state index in [4.69, 9.17) is 0 Å². The number of aromatic nitrogens is 1. The number of nitrogens with zero attached hydrogens (tertiary/aromatic N) is 1. The molecule has 0 bridgehead atoms. The summed E-state index contributed by atoms with van der Waals surface area (Å²) < 4.78 is 0.802. The van der Waals surface area contributed by atoms with E-state index in [9.17, 15) is 9.59 Å². The highest BCUT2D eigenvalue weighted by Gasteiger charge is 2.16. The lowest BCUT2D eigenvalue weighted by Gasteiger charge is -2.17. The molecule has 25 heavy (non-hydrogen) atoms. The summed E-state index contributed by atoms with van der Waals surface area (Å²) >= 11 is 3.38. The Kier molecular flexibility index (Phi) is 5.19. The lowest BCUT2D eigenvalue weighted by Crippen LogP contribution is -2.35. The molecule has 2 N–H and O–H groups in total. The molecule has 1 aromatic heterocycles. The minimum absolute atomic E-state index is 0.00250. The number of nitrogens with one attached hydrogen (secondary N) is 2. The predicted molar refractivity (Wildman–Crippen MR) is 102 cm³/mol. The van der Waals surface area contributed by atoms with Crippen molar-refractivity contribution < 1.29 is 9.59 Å². The Bertz CT molecular complexity index is 920. The van der Waals surface area contributed by atoms with Crippen molar-refractivity contribution in [3.8, 4) is 0 Å². The molecule has 0 saturated carbocycles. The normalized spacial score (nSPS) is 10.6. The summed E-state index contributed by atoms with van der Waals surface area (Å²) in [4.78, 5) is 29.2. The van der Waals surface area contributed by atoms with Crippen LogP contribution in [0.2, 0.25) is 0 Å². The Morgan fingerprint density at radius 3 is 2.64 bits per heavy atom. The van der Waals surface area contributed by atoms with Gasteiger partial charge in [-0.25, -0.2) is 0 Å². The first-order valence-electron chi connectivity index (χ1n) is 7.88. The maximum Gasteiger partial charge on any atom is 0.244 e. The standard InChI is InChI=1S/C19H18BrN3O2/c1-23(12-18(24)22-17-9-5-3-7-15(17)20)19(25)10-13-11-21-16-8-4-2-6-14(13)16/h2-9,11,21H,10,12H2,1H3,(H,22,24). The van der Waals surface area contributed by atoms with Crippen LogP contribution in [0.15, 0.2) is 59.2 Å². The molecule has 6 heteroatoms. The second-order valence-electron chi connectivity index (χ2n) is 5.81. The second-order valence-corrected chi connectivity index (χ2v) is 6.67. The van der Waals surface area contributed by atoms with Gasteiger partial charge in [-0.2, -0.15) is 0 Å². The first-order chi connectivity index (χ1) is 12.0. The number of halogens is 1. The van der Waals surface area contributed by atoms with Gasteiger partial charge in [-0.15, -0.1) is 0 Å². The molecule has 0 aliphatic carbocycles. The topological polar surface area (TPSA) is 65.2 Å². The lowest BCUT2D eigenvalue weighted by atomic mass is 10.1. The first kappa shape index (κ1) is 17.2. The molecule has 0 radical (unpaired) electrons. The van der Waals surface area contributed by atoms with E-state index in [2.05, 4.69) is 26.2 Å². The third-order valence-corrected chi connectivity index (χ3v) is 4.66. The van der Waals surface area contributed by atoms with Gasteiger partial charge in [0.15, 0.2) is 0 Å². The summed E-state index contributed by atoms with van der Waals surface area (Å²) in [6.07, 6.45) is 2.10. The zero-order chi connectivity index (χ0) is 17.8. The highest BCUT2D eigenvalue weighted by Crippen LogP contribution is 2.21. The minimum atomic E-state index is -0.235. The maximum absolute atomic E-state index is 12.4. The van der Waals surface area contributed by atoms with Gasteiger partial charge in [0.1, 0.15) is 0 Å². The third-order valence-electron chi connectivity index (χ3n) is 3.97. The number of H-pyrrole nitrogens is 1. The summed E-state index contributed by atoms with van der Waals surface area (Å²) in [5.74, 6) is -0.339. The van der Waals surface area contributed by atoms with Crippen LogP contribution in [-0.4, -0.2) is 35.3 Å². The van der Waals surface area contributed by atoms with E-state index < -0.39 is 0 Å². The van der Waals surface area contributed by atoms with Crippen molar-refractivity contribution in [3.05, 3.63) is 64.8 Å². The molecule has 0 unspecified atom stereocenters. The number of anilines is 1. The molecular weight excluding hydrogens is 382 g/mol. The summed E-state index contributed by atoms with van der Waals surface area (Å²) in [5.41, 5.74) is 2.61. The number of hydrogen-bond donors (Lipinski definition) is 2. The number of hydrogen-bond acceptors (Lipinski definition) is 2. The molecule has 3 rings (SSSR count). The van der Waals surface area contributed by atoms with Gasteiger partial charge in [0.2, 0.25) is 11.8 Å². The van der Waals surface area contributed by atoms with Gasteiger partial charge in [-0.05, 0) is 39.7 Å². The molecule has 0 saturated heterocycles. The second kappa shape index (κ2) is 7.53. The smallest absolute Gasteiger partial charge is 0.244 e. The van der Waals surface area contributed by atoms with Gasteiger partial charge in [-0.3, -0.25) is 9.59 Å². The van der Waals surface area contributed by atoms with Crippen LogP contribution in [0.5, 0.6) is 0 Å². The number of likely N-dealkylation sites (N-methyl/N-ethyl adjacent to an activating group) is 1. The molecule has 5 nitrogen and oxygen atoms in total. The van der Waals surface area contributed by atoms with Crippen molar-refractivity contribution in [2.75, 3.05) is 18.9 Å². The molecule has 1 heterocycles. The van der Waals surface area contributed by atoms with Crippen molar-refractivity contribution in [1.29, 1.82) is 0 Å². The van der Waals surface area contributed by atoms with Crippen LogP contribution < -0.4 is 5.32 Å². The zero-order valence-corrected chi connectivity index (χ0v) is 15.3. The molecular formula is C19H18BrN3O2. The van der Waals surface area contributed by atoms with Gasteiger partial charge in [0, 0.05) is 28.6 Å². The Hall–Kier alpha value is -2.60. The van der Waals surface area contributed by atoms with Crippen LogP contribution in [0.25, 0.3) is 10.9 Å². The van der Waals surface area contributed by atoms with E-state index in [0.29, 0.717) is 5.69 Å². The fraction of sp³-hybridized carbons (Fsp3) is 0.158. The van der Waals surface area contributed by atoms with E-state index in [1.54, 1.807) is 13.1 Å². The Morgan fingerprint density at radius 2 is 1.84 bits per heavy atom. The third kappa shape index (κ3) is 4.09. The van der Waals surface area contributed by atoms with E-state index in [1.807, 2.05) is 48.7 Å². The Morgan fingerprint density at radius 1 is 1.12 bits per heavy atom. The van der Waals surface area contributed by atoms with Gasteiger partial charge < -0.3 is 15.2 Å². The largest absolute Gasteiger partial charge is 0.361 e. The minimum Gasteiger partial charge on any atom is -0.361 e. The van der Waals surface area contributed by atoms with Gasteiger partial charge in [0.05, 0.1) is 18.7 Å². The SMILES string of the molecule is CN(CC(=O)Nc1ccccc1Br)C(=O)Cc1c[nH]c2ccccc12. The summed E-state index contributed by atoms with van der Waals surface area (Å²) in [5, 5.41) is 3.83. The van der Waals surface area contributed by atoms with E-state index in [-0.39, 0.29) is 24.8 Å². The van der Waals surface area contributed by atoms with Crippen molar-refractivity contribution in [2.24, 2.45) is 0 Å². The fourth-order valence-electron chi connectivity index (χ4n) is 2.63. The lowest BCUT2D eigenvalue weighted by molar-refractivity contribution is -0.132. The molecule has 2 amide bonds. The quantitative estimate of drug-likeness (QED) is 0.688. The van der Waals surface area contributed by atoms with E-state index in [0.717, 1.165) is 20.9 Å². The van der Waals surface area contributed by atoms with Gasteiger partial charge in [-0.1, -0.05) is 30.3 Å². The van der Waals surface area contributed by atoms with Crippen LogP contribution in [0, 0.1) is 0 Å². The van der Waals surface area contributed by atoms with Crippen LogP contribution in [0.1, 0.15) is 5.56 Å². The number of carbonyl (C=O) groups is 2. The first-order valence-corrected chi connectivity index (χ1v) is 8.67. The maximum atomic E-state index is 12.4. The fourth-order valence-corrected chi connectivity index (χ4v) is 3.02. The highest BCUT2D eigenvalue weighted by molar-refractivity contribution is 9.10. The average Bonchev–Trinajstić information content (AvgIpc) is 3.00. The number of amides is 2. The van der Waals surface area contributed by atoms with Crippen molar-refractivity contribution in [1.82, 2.24) is 9.88 Å². The number of para-hydroxylation sites is 2. The van der Waals surface area contributed by atoms with Crippen LogP contribution >= 0.6 is 15.9 Å². The molecule has 0 spiro atoms. The summed E-state index contributed by atoms with van der Waals surface area (Å²) in [6.45, 7) is 0.00250. The van der Waals surface area contributed by atoms with Crippen molar-refractivity contribution >= 4 is 44.3 Å². The van der Waals surface area contributed by atoms with Crippen LogP contribution in [0.3, 0.4) is 0 Å². The molecule has 0 aliphatic heterocycles. The van der Waals surface area contributed by atoms with E-state index in [1.165, 1.54) is 4.90 Å². The highest BCUT2D eigenvalue weighted by atomic mass is 79.9. The number of rotatable bonds is 5. The molecule has 0 aliphatic rings. The molecule has 2 aromatic carbocycles. The monoisotopic (exact) mass is 399 g/mol. The number of fused-ring (bicyclic) bond motifs is 1. The van der Waals surface area contributed by atoms with Crippen LogP contribution in [0.4, 0.5) is 5.69 Å². The average molecular weight is 400 g/mol. The number of benzene rings is 2. The van der Waals surface area contributed by atoms with Crippen molar-refractivity contribution in [3.63, 3.8) is 0 Å². The number of aromatic amines is 1. The Labute approximate surface area is 154 Å². The molecule has 3 aromatic rings. The zero-order valence-electron chi connectivity index (χ0n) is 13.8. The predicted octanol–water partition coefficient (Wildman–Crippen LogP) is 3.57. The van der Waals surface area contributed by atoms with Crippen LogP contribution in [-0.2, 0) is 16.0 Å². The van der Waals surface area contributed by atoms with Gasteiger partial charge >= 0.3 is 0 Å². The molecule has 128 valence electrons. The molecule has 0 fully saturated rings. The molecule has 0 atom stereocenters.